The van der Waals surface area contributed by atoms with E-state index in [2.05, 4.69) is 36.9 Å². The molecule has 3 rings (SSSR count). The number of rotatable bonds is 5. The number of aromatic nitrogens is 1. The fourth-order valence-electron chi connectivity index (χ4n) is 3.25. The highest BCUT2D eigenvalue weighted by molar-refractivity contribution is 9.11. The highest BCUT2D eigenvalue weighted by Crippen LogP contribution is 2.37. The summed E-state index contributed by atoms with van der Waals surface area (Å²) in [6, 6.07) is 13.1. The first-order chi connectivity index (χ1) is 15.2. The van der Waals surface area contributed by atoms with Gasteiger partial charge in [0.2, 0.25) is 5.88 Å². The Balaban J connectivity index is 2.19. The van der Waals surface area contributed by atoms with E-state index in [4.69, 9.17) is 0 Å². The average molecular weight is 560 g/mol. The molecule has 0 bridgehead atoms. The molecule has 0 radical (unpaired) electrons. The van der Waals surface area contributed by atoms with Gasteiger partial charge in [-0.1, -0.05) is 30.3 Å². The Morgan fingerprint density at radius 2 is 1.84 bits per heavy atom. The van der Waals surface area contributed by atoms with E-state index in [0.717, 1.165) is 10.1 Å². The van der Waals surface area contributed by atoms with Crippen molar-refractivity contribution in [2.75, 3.05) is 0 Å². The number of aliphatic imine (C=N–C) groups is 1. The van der Waals surface area contributed by atoms with Crippen molar-refractivity contribution in [2.24, 2.45) is 4.99 Å². The van der Waals surface area contributed by atoms with Crippen LogP contribution in [0.5, 0.6) is 5.88 Å². The van der Waals surface area contributed by atoms with Crippen molar-refractivity contribution in [3.05, 3.63) is 94.1 Å². The van der Waals surface area contributed by atoms with Crippen molar-refractivity contribution in [3.8, 4) is 11.9 Å². The van der Waals surface area contributed by atoms with Crippen molar-refractivity contribution >= 4 is 49.4 Å². The third-order valence-corrected chi connectivity index (χ3v) is 6.21. The van der Waals surface area contributed by atoms with E-state index in [9.17, 15) is 25.3 Å². The Kier molecular flexibility index (Phi) is 6.91. The van der Waals surface area contributed by atoms with Crippen LogP contribution >= 0.6 is 31.9 Å². The second-order valence-electron chi connectivity index (χ2n) is 6.88. The Bertz CT molecular complexity index is 1320. The number of halogens is 2. The third kappa shape index (κ3) is 4.35. The summed E-state index contributed by atoms with van der Waals surface area (Å²) >= 11 is 6.53. The van der Waals surface area contributed by atoms with Gasteiger partial charge in [0.05, 0.1) is 31.2 Å². The number of benzene rings is 2. The third-order valence-electron chi connectivity index (χ3n) is 5.00. The number of aromatic hydroxyl groups is 1. The van der Waals surface area contributed by atoms with Gasteiger partial charge in [-0.3, -0.25) is 24.5 Å². The van der Waals surface area contributed by atoms with E-state index in [-0.39, 0.29) is 28.3 Å². The molecule has 8 nitrogen and oxygen atoms in total. The van der Waals surface area contributed by atoms with Crippen LogP contribution in [0.15, 0.2) is 61.2 Å². The highest BCUT2D eigenvalue weighted by Gasteiger charge is 2.22. The molecule has 3 aromatic rings. The molecule has 32 heavy (non-hydrogen) atoms. The number of nitro groups is 1. The molecule has 0 fully saturated rings. The molecule has 2 aromatic carbocycles. The van der Waals surface area contributed by atoms with E-state index >= 15 is 0 Å². The summed E-state index contributed by atoms with van der Waals surface area (Å²) in [4.78, 5) is 27.8. The molecule has 0 saturated heterocycles. The maximum absolute atomic E-state index is 12.9. The van der Waals surface area contributed by atoms with Crippen LogP contribution in [0.2, 0.25) is 0 Å². The minimum Gasteiger partial charge on any atom is -0.494 e. The maximum Gasteiger partial charge on any atom is 0.272 e. The van der Waals surface area contributed by atoms with E-state index < -0.39 is 16.5 Å². The lowest BCUT2D eigenvalue weighted by Crippen LogP contribution is -2.28. The fraction of sp³-hybridized carbons (Fsp3) is 0.136. The van der Waals surface area contributed by atoms with Crippen LogP contribution in [0.3, 0.4) is 0 Å². The molecule has 0 aliphatic carbocycles. The van der Waals surface area contributed by atoms with E-state index in [1.165, 1.54) is 18.3 Å². The van der Waals surface area contributed by atoms with Gasteiger partial charge >= 0.3 is 0 Å². The van der Waals surface area contributed by atoms with Gasteiger partial charge in [-0.05, 0) is 56.8 Å². The molecule has 0 amide bonds. The van der Waals surface area contributed by atoms with Crippen LogP contribution in [-0.4, -0.2) is 20.8 Å². The molecule has 1 N–H and O–H groups in total. The summed E-state index contributed by atoms with van der Waals surface area (Å²) in [6.45, 7) is 3.30. The first-order valence-corrected chi connectivity index (χ1v) is 10.9. The second kappa shape index (κ2) is 9.46. The zero-order chi connectivity index (χ0) is 23.6. The molecule has 0 aliphatic heterocycles. The van der Waals surface area contributed by atoms with E-state index in [0.29, 0.717) is 14.6 Å². The number of hydrogen-bond donors (Lipinski definition) is 1. The number of nitrogens with zero attached hydrogens (tertiary/aromatic N) is 4. The van der Waals surface area contributed by atoms with Crippen LogP contribution in [-0.2, 0) is 0 Å². The van der Waals surface area contributed by atoms with Crippen LogP contribution in [0.4, 0.5) is 11.4 Å². The number of nitro benzene ring substituents is 1. The predicted molar refractivity (Wildman–Crippen MR) is 128 cm³/mol. The topological polar surface area (TPSA) is 122 Å². The smallest absolute Gasteiger partial charge is 0.272 e. The lowest BCUT2D eigenvalue weighted by molar-refractivity contribution is -0.385. The molecule has 162 valence electrons. The molecule has 0 spiro atoms. The predicted octanol–water partition coefficient (Wildman–Crippen LogP) is 5.53. The first-order valence-electron chi connectivity index (χ1n) is 9.28. The normalized spacial score (nSPS) is 12.0. The van der Waals surface area contributed by atoms with Crippen LogP contribution < -0.4 is 5.56 Å². The summed E-state index contributed by atoms with van der Waals surface area (Å²) in [7, 11) is 0. The Labute approximate surface area is 199 Å². The zero-order valence-electron chi connectivity index (χ0n) is 16.9. The van der Waals surface area contributed by atoms with Gasteiger partial charge in [0.15, 0.2) is 0 Å². The molecule has 10 heteroatoms. The summed E-state index contributed by atoms with van der Waals surface area (Å²) in [5.74, 6) is -0.333. The molecular weight excluding hydrogens is 544 g/mol. The van der Waals surface area contributed by atoms with Crippen molar-refractivity contribution in [1.82, 2.24) is 4.57 Å². The number of nitriles is 1. The largest absolute Gasteiger partial charge is 0.494 e. The monoisotopic (exact) mass is 558 g/mol. The van der Waals surface area contributed by atoms with Crippen molar-refractivity contribution < 1.29 is 10.0 Å². The van der Waals surface area contributed by atoms with Crippen LogP contribution in [0.25, 0.3) is 0 Å². The zero-order valence-corrected chi connectivity index (χ0v) is 20.1. The molecule has 1 atom stereocenters. The molecule has 1 unspecified atom stereocenters. The number of non-ortho nitro benzene ring substituents is 1. The number of hydrogen-bond acceptors (Lipinski definition) is 6. The molecule has 1 aromatic heterocycles. The average Bonchev–Trinajstić information content (AvgIpc) is 2.75. The van der Waals surface area contributed by atoms with Crippen molar-refractivity contribution in [2.45, 2.75) is 19.9 Å². The Hall–Kier alpha value is -3.29. The molecule has 0 aliphatic rings. The van der Waals surface area contributed by atoms with Gasteiger partial charge in [0, 0.05) is 18.3 Å². The minimum atomic E-state index is -0.603. The van der Waals surface area contributed by atoms with E-state index in [1.54, 1.807) is 13.8 Å². The van der Waals surface area contributed by atoms with Gasteiger partial charge in [-0.2, -0.15) is 5.26 Å². The van der Waals surface area contributed by atoms with Gasteiger partial charge in [0.1, 0.15) is 11.6 Å². The second-order valence-corrected chi connectivity index (χ2v) is 8.59. The summed E-state index contributed by atoms with van der Waals surface area (Å²) in [6.07, 6.45) is 1.33. The van der Waals surface area contributed by atoms with Crippen molar-refractivity contribution in [3.63, 3.8) is 0 Å². The molecule has 0 saturated carbocycles. The molecular formula is C22H16Br2N4O4. The minimum absolute atomic E-state index is 0.103. The van der Waals surface area contributed by atoms with Gasteiger partial charge < -0.3 is 5.11 Å². The summed E-state index contributed by atoms with van der Waals surface area (Å²) in [5, 5.41) is 31.6. The highest BCUT2D eigenvalue weighted by atomic mass is 79.9. The first kappa shape index (κ1) is 23.4. The fourth-order valence-corrected chi connectivity index (χ4v) is 4.61. The SMILES string of the molecule is Cc1c(C=Nc2c(Br)cc([N+](=O)[O-])cc2Br)c(O)n(C(C)c2ccccc2)c(=O)c1C#N. The molecule has 1 heterocycles. The lowest BCUT2D eigenvalue weighted by atomic mass is 10.0. The van der Waals surface area contributed by atoms with Gasteiger partial charge in [-0.15, -0.1) is 0 Å². The Morgan fingerprint density at radius 3 is 2.38 bits per heavy atom. The van der Waals surface area contributed by atoms with E-state index in [1.807, 2.05) is 36.4 Å². The lowest BCUT2D eigenvalue weighted by Gasteiger charge is -2.20. The standard InChI is InChI=1S/C22H16Br2N4O4/c1-12-16(10-25)21(29)27(13(2)14-6-4-3-5-7-14)22(30)17(12)11-26-20-18(23)8-15(28(31)32)9-19(20)24/h3-9,11,13,30H,1-2H3. The van der Waals surface area contributed by atoms with Crippen LogP contribution in [0, 0.1) is 28.4 Å². The maximum atomic E-state index is 12.9. The Morgan fingerprint density at radius 1 is 1.25 bits per heavy atom. The quantitative estimate of drug-likeness (QED) is 0.250. The van der Waals surface area contributed by atoms with Crippen molar-refractivity contribution in [1.29, 1.82) is 5.26 Å². The summed E-state index contributed by atoms with van der Waals surface area (Å²) < 4.78 is 1.87. The number of pyridine rings is 1. The summed E-state index contributed by atoms with van der Waals surface area (Å²) in [5.41, 5.74) is 0.773. The van der Waals surface area contributed by atoms with Gasteiger partial charge in [-0.25, -0.2) is 0 Å². The van der Waals surface area contributed by atoms with Gasteiger partial charge in [0.25, 0.3) is 11.2 Å². The van der Waals surface area contributed by atoms with Crippen LogP contribution in [0.1, 0.15) is 35.2 Å².